The molecule has 0 aliphatic heterocycles. The highest BCUT2D eigenvalue weighted by Gasteiger charge is 2.17. The number of fused-ring (bicyclic) bond motifs is 3. The Morgan fingerprint density at radius 2 is 1.89 bits per heavy atom. The Morgan fingerprint density at radius 3 is 2.68 bits per heavy atom. The van der Waals surface area contributed by atoms with Crippen molar-refractivity contribution in [2.45, 2.75) is 0 Å². The summed E-state index contributed by atoms with van der Waals surface area (Å²) in [6.07, 6.45) is 0. The van der Waals surface area contributed by atoms with E-state index in [-0.39, 0.29) is 18.3 Å². The van der Waals surface area contributed by atoms with E-state index in [0.29, 0.717) is 29.5 Å². The molecule has 2 heterocycles. The number of nitrogens with zero attached hydrogens (tertiary/aromatic N) is 1. The summed E-state index contributed by atoms with van der Waals surface area (Å²) >= 11 is 6.19. The third kappa shape index (κ3) is 3.83. The van der Waals surface area contributed by atoms with Crippen molar-refractivity contribution in [2.24, 2.45) is 0 Å². The van der Waals surface area contributed by atoms with Crippen molar-refractivity contribution in [2.75, 3.05) is 20.1 Å². The van der Waals surface area contributed by atoms with E-state index in [1.54, 1.807) is 0 Å². The maximum Gasteiger partial charge on any atom is 0.269 e. The summed E-state index contributed by atoms with van der Waals surface area (Å²) < 4.78 is 0. The maximum atomic E-state index is 12.6. The molecule has 0 saturated heterocycles. The zero-order valence-electron chi connectivity index (χ0n) is 15.3. The number of nitrogens with one attached hydrogen (secondary N) is 3. The number of benzene rings is 2. The van der Waals surface area contributed by atoms with Crippen LogP contribution in [0, 0.1) is 0 Å². The molecule has 2 aromatic carbocycles. The van der Waals surface area contributed by atoms with Gasteiger partial charge in [-0.1, -0.05) is 41.9 Å². The highest BCUT2D eigenvalue weighted by atomic mass is 35.5. The van der Waals surface area contributed by atoms with Gasteiger partial charge in [0.05, 0.1) is 11.2 Å². The summed E-state index contributed by atoms with van der Waals surface area (Å²) in [5, 5.41) is 8.56. The molecule has 5 nitrogen and oxygen atoms in total. The minimum absolute atomic E-state index is 0. The van der Waals surface area contributed by atoms with Gasteiger partial charge in [0.2, 0.25) is 0 Å². The zero-order valence-corrected chi connectivity index (χ0v) is 16.8. The van der Waals surface area contributed by atoms with Crippen LogP contribution >= 0.6 is 24.0 Å². The van der Waals surface area contributed by atoms with Gasteiger partial charge in [0, 0.05) is 40.0 Å². The highest BCUT2D eigenvalue weighted by molar-refractivity contribution is 6.31. The fourth-order valence-electron chi connectivity index (χ4n) is 3.20. The van der Waals surface area contributed by atoms with E-state index in [1.165, 1.54) is 0 Å². The number of likely N-dealkylation sites (N-methyl/N-ethyl adjacent to an activating group) is 1. The molecule has 0 bridgehead atoms. The van der Waals surface area contributed by atoms with Crippen molar-refractivity contribution in [1.29, 1.82) is 0 Å². The van der Waals surface area contributed by atoms with Crippen LogP contribution in [0.5, 0.6) is 0 Å². The number of H-pyrrole nitrogens is 1. The minimum atomic E-state index is -0.194. The van der Waals surface area contributed by atoms with E-state index in [1.807, 2.05) is 61.6 Å². The van der Waals surface area contributed by atoms with Crippen LogP contribution in [-0.4, -0.2) is 36.0 Å². The standard InChI is InChI=1S/C21H19ClN4O.ClH/c1-23-9-10-24-21(27)18-12-16-15-7-2-3-8-17(15)25-20(16)19(26-18)13-5-4-6-14(22)11-13;/h2-8,11-12,23,25H,9-10H2,1H3,(H,24,27);1H. The summed E-state index contributed by atoms with van der Waals surface area (Å²) in [4.78, 5) is 20.7. The summed E-state index contributed by atoms with van der Waals surface area (Å²) in [7, 11) is 1.85. The number of amides is 1. The number of pyridine rings is 1. The van der Waals surface area contributed by atoms with Crippen molar-refractivity contribution < 1.29 is 4.79 Å². The smallest absolute Gasteiger partial charge is 0.269 e. The number of para-hydroxylation sites is 1. The maximum absolute atomic E-state index is 12.6. The van der Waals surface area contributed by atoms with Crippen LogP contribution in [0.2, 0.25) is 5.02 Å². The topological polar surface area (TPSA) is 69.8 Å². The van der Waals surface area contributed by atoms with Crippen molar-refractivity contribution in [3.8, 4) is 11.3 Å². The van der Waals surface area contributed by atoms with Crippen molar-refractivity contribution in [1.82, 2.24) is 20.6 Å². The van der Waals surface area contributed by atoms with Crippen LogP contribution in [0.25, 0.3) is 33.1 Å². The summed E-state index contributed by atoms with van der Waals surface area (Å²) in [6.45, 7) is 1.23. The number of hydrogen-bond acceptors (Lipinski definition) is 3. The molecule has 0 aliphatic rings. The molecule has 3 N–H and O–H groups in total. The third-order valence-electron chi connectivity index (χ3n) is 4.49. The zero-order chi connectivity index (χ0) is 18.8. The largest absolute Gasteiger partial charge is 0.353 e. The molecule has 0 saturated carbocycles. The number of hydrogen-bond donors (Lipinski definition) is 3. The first-order valence-corrected chi connectivity index (χ1v) is 9.15. The Bertz CT molecular complexity index is 1140. The van der Waals surface area contributed by atoms with Crippen LogP contribution in [0.15, 0.2) is 54.6 Å². The van der Waals surface area contributed by atoms with E-state index in [2.05, 4.69) is 20.6 Å². The number of aromatic nitrogens is 2. The van der Waals surface area contributed by atoms with Gasteiger partial charge in [-0.3, -0.25) is 4.79 Å². The third-order valence-corrected chi connectivity index (χ3v) is 4.72. The van der Waals surface area contributed by atoms with Crippen LogP contribution in [-0.2, 0) is 0 Å². The van der Waals surface area contributed by atoms with Crippen LogP contribution in [0.4, 0.5) is 0 Å². The molecule has 28 heavy (non-hydrogen) atoms. The molecule has 0 spiro atoms. The molecule has 0 unspecified atom stereocenters. The highest BCUT2D eigenvalue weighted by Crippen LogP contribution is 2.33. The SMILES string of the molecule is CNCCNC(=O)c1cc2c([nH]c3ccccc32)c(-c2cccc(Cl)c2)n1.Cl. The average molecular weight is 415 g/mol. The Kier molecular flexibility index (Phi) is 6.19. The average Bonchev–Trinajstić information content (AvgIpc) is 3.06. The summed E-state index contributed by atoms with van der Waals surface area (Å²) in [6, 6.07) is 17.4. The van der Waals surface area contributed by atoms with Crippen LogP contribution in [0.1, 0.15) is 10.5 Å². The minimum Gasteiger partial charge on any atom is -0.353 e. The summed E-state index contributed by atoms with van der Waals surface area (Å²) in [5.41, 5.74) is 3.86. The molecular weight excluding hydrogens is 395 g/mol. The molecule has 2 aromatic heterocycles. The lowest BCUT2D eigenvalue weighted by Crippen LogP contribution is -2.31. The van der Waals surface area contributed by atoms with Gasteiger partial charge in [-0.15, -0.1) is 12.4 Å². The van der Waals surface area contributed by atoms with Crippen molar-refractivity contribution in [3.63, 3.8) is 0 Å². The van der Waals surface area contributed by atoms with Crippen LogP contribution in [0.3, 0.4) is 0 Å². The lowest BCUT2D eigenvalue weighted by molar-refractivity contribution is 0.0949. The molecule has 0 radical (unpaired) electrons. The van der Waals surface area contributed by atoms with Gasteiger partial charge < -0.3 is 15.6 Å². The Balaban J connectivity index is 0.00000225. The molecule has 1 amide bonds. The fourth-order valence-corrected chi connectivity index (χ4v) is 3.39. The van der Waals surface area contributed by atoms with Gasteiger partial charge in [-0.05, 0) is 31.3 Å². The Labute approximate surface area is 173 Å². The molecule has 144 valence electrons. The number of carbonyl (C=O) groups excluding carboxylic acids is 1. The second-order valence-corrected chi connectivity index (χ2v) is 6.76. The Morgan fingerprint density at radius 1 is 1.07 bits per heavy atom. The summed E-state index contributed by atoms with van der Waals surface area (Å²) in [5.74, 6) is -0.194. The first-order valence-electron chi connectivity index (χ1n) is 8.77. The van der Waals surface area contributed by atoms with Crippen LogP contribution < -0.4 is 10.6 Å². The Hall–Kier alpha value is -2.60. The van der Waals surface area contributed by atoms with Gasteiger partial charge in [0.25, 0.3) is 5.91 Å². The first-order chi connectivity index (χ1) is 13.2. The monoisotopic (exact) mass is 414 g/mol. The van der Waals surface area contributed by atoms with E-state index in [9.17, 15) is 4.79 Å². The van der Waals surface area contributed by atoms with E-state index >= 15 is 0 Å². The molecule has 0 atom stereocenters. The van der Waals surface area contributed by atoms with Crippen molar-refractivity contribution >= 4 is 51.7 Å². The lowest BCUT2D eigenvalue weighted by atomic mass is 10.1. The van der Waals surface area contributed by atoms with Gasteiger partial charge in [0.1, 0.15) is 5.69 Å². The second-order valence-electron chi connectivity index (χ2n) is 6.32. The molecule has 4 rings (SSSR count). The number of carbonyl (C=O) groups is 1. The number of rotatable bonds is 5. The fraction of sp³-hybridized carbons (Fsp3) is 0.143. The molecule has 0 fully saturated rings. The predicted molar refractivity (Wildman–Crippen MR) is 118 cm³/mol. The number of halogens is 2. The molecular formula is C21H20Cl2N4O. The van der Waals surface area contributed by atoms with E-state index < -0.39 is 0 Å². The molecule has 7 heteroatoms. The molecule has 4 aromatic rings. The predicted octanol–water partition coefficient (Wildman–Crippen LogP) is 4.41. The normalized spacial score (nSPS) is 10.8. The van der Waals surface area contributed by atoms with Gasteiger partial charge in [-0.25, -0.2) is 4.98 Å². The van der Waals surface area contributed by atoms with Gasteiger partial charge in [-0.2, -0.15) is 0 Å². The molecule has 0 aliphatic carbocycles. The van der Waals surface area contributed by atoms with Crippen molar-refractivity contribution in [3.05, 3.63) is 65.3 Å². The quantitative estimate of drug-likeness (QED) is 0.423. The van der Waals surface area contributed by atoms with Gasteiger partial charge in [0.15, 0.2) is 0 Å². The second kappa shape index (κ2) is 8.61. The first kappa shape index (κ1) is 20.1. The van der Waals surface area contributed by atoms with Gasteiger partial charge >= 0.3 is 0 Å². The van der Waals surface area contributed by atoms with E-state index in [4.69, 9.17) is 11.6 Å². The lowest BCUT2D eigenvalue weighted by Gasteiger charge is -2.09. The van der Waals surface area contributed by atoms with E-state index in [0.717, 1.165) is 27.4 Å². The number of aromatic amines is 1.